The maximum Gasteiger partial charge on any atom is 0.312 e. The largest absolute Gasteiger partial charge is 0.469 e. The lowest BCUT2D eigenvalue weighted by atomic mass is 9.98. The SMILES string of the molecule is COC(=O)CC[C@@H]1CCCCN1C(=O)CNC(N)=O. The van der Waals surface area contributed by atoms with Crippen molar-refractivity contribution < 1.29 is 19.1 Å². The van der Waals surface area contributed by atoms with Crippen molar-refractivity contribution in [3.05, 3.63) is 0 Å². The normalized spacial score (nSPS) is 18.8. The van der Waals surface area contributed by atoms with Crippen molar-refractivity contribution in [2.24, 2.45) is 5.73 Å². The number of esters is 1. The van der Waals surface area contributed by atoms with E-state index in [4.69, 9.17) is 5.73 Å². The minimum Gasteiger partial charge on any atom is -0.469 e. The average Bonchev–Trinajstić information content (AvgIpc) is 2.42. The summed E-state index contributed by atoms with van der Waals surface area (Å²) in [6, 6.07) is -0.675. The summed E-state index contributed by atoms with van der Waals surface area (Å²) in [5.41, 5.74) is 4.94. The molecule has 3 N–H and O–H groups in total. The molecule has 0 saturated carbocycles. The average molecular weight is 271 g/mol. The highest BCUT2D eigenvalue weighted by atomic mass is 16.5. The monoisotopic (exact) mass is 271 g/mol. The molecular formula is C12H21N3O4. The second kappa shape index (κ2) is 7.60. The molecule has 1 aliphatic heterocycles. The van der Waals surface area contributed by atoms with Crippen molar-refractivity contribution in [3.63, 3.8) is 0 Å². The van der Waals surface area contributed by atoms with Crippen molar-refractivity contribution in [1.29, 1.82) is 0 Å². The first kappa shape index (κ1) is 15.3. The van der Waals surface area contributed by atoms with Gasteiger partial charge in [-0.05, 0) is 25.7 Å². The fraction of sp³-hybridized carbons (Fsp3) is 0.750. The number of likely N-dealkylation sites (tertiary alicyclic amines) is 1. The summed E-state index contributed by atoms with van der Waals surface area (Å²) in [5.74, 6) is -0.429. The van der Waals surface area contributed by atoms with Crippen LogP contribution in [0.5, 0.6) is 0 Å². The first-order chi connectivity index (χ1) is 9.04. The Hall–Kier alpha value is -1.79. The molecule has 1 heterocycles. The molecular weight excluding hydrogens is 250 g/mol. The van der Waals surface area contributed by atoms with Crippen LogP contribution < -0.4 is 11.1 Å². The Morgan fingerprint density at radius 3 is 2.74 bits per heavy atom. The van der Waals surface area contributed by atoms with Gasteiger partial charge < -0.3 is 20.7 Å². The summed E-state index contributed by atoms with van der Waals surface area (Å²) in [6.45, 7) is 0.565. The van der Waals surface area contributed by atoms with E-state index in [0.717, 1.165) is 19.3 Å². The maximum absolute atomic E-state index is 12.0. The Bertz CT molecular complexity index is 346. The van der Waals surface area contributed by atoms with Crippen molar-refractivity contribution in [2.45, 2.75) is 38.1 Å². The molecule has 0 bridgehead atoms. The van der Waals surface area contributed by atoms with Gasteiger partial charge in [0.1, 0.15) is 0 Å². The van der Waals surface area contributed by atoms with E-state index in [0.29, 0.717) is 19.4 Å². The summed E-state index contributed by atoms with van der Waals surface area (Å²) in [6.07, 6.45) is 3.75. The zero-order valence-corrected chi connectivity index (χ0v) is 11.2. The third-order valence-corrected chi connectivity index (χ3v) is 3.27. The van der Waals surface area contributed by atoms with Gasteiger partial charge >= 0.3 is 12.0 Å². The standard InChI is InChI=1S/C12H21N3O4/c1-19-11(17)6-5-9-4-2-3-7-15(9)10(16)8-14-12(13)18/h9H,2-8H2,1H3,(H3,13,14,18)/t9-/m0/s1. The van der Waals surface area contributed by atoms with Crippen LogP contribution in [0.15, 0.2) is 0 Å². The zero-order valence-electron chi connectivity index (χ0n) is 11.2. The molecule has 0 aromatic carbocycles. The summed E-state index contributed by atoms with van der Waals surface area (Å²) < 4.78 is 4.60. The number of methoxy groups -OCH3 is 1. The fourth-order valence-corrected chi connectivity index (χ4v) is 2.28. The Balaban J connectivity index is 2.49. The van der Waals surface area contributed by atoms with Crippen LogP contribution in [-0.2, 0) is 14.3 Å². The van der Waals surface area contributed by atoms with E-state index in [1.807, 2.05) is 0 Å². The van der Waals surface area contributed by atoms with E-state index in [9.17, 15) is 14.4 Å². The second-order valence-corrected chi connectivity index (χ2v) is 4.57. The molecule has 1 rings (SSSR count). The summed E-state index contributed by atoms with van der Waals surface area (Å²) in [5, 5.41) is 2.30. The number of rotatable bonds is 5. The number of hydrogen-bond donors (Lipinski definition) is 2. The Morgan fingerprint density at radius 1 is 1.37 bits per heavy atom. The minimum atomic E-state index is -0.712. The highest BCUT2D eigenvalue weighted by molar-refractivity contribution is 5.83. The predicted molar refractivity (Wildman–Crippen MR) is 68.2 cm³/mol. The van der Waals surface area contributed by atoms with Gasteiger partial charge in [-0.15, -0.1) is 0 Å². The molecule has 0 aromatic rings. The molecule has 0 spiro atoms. The number of primary amides is 1. The lowest BCUT2D eigenvalue weighted by Gasteiger charge is -2.35. The van der Waals surface area contributed by atoms with Crippen molar-refractivity contribution in [1.82, 2.24) is 10.2 Å². The van der Waals surface area contributed by atoms with Crippen LogP contribution >= 0.6 is 0 Å². The molecule has 1 fully saturated rings. The molecule has 3 amide bonds. The number of nitrogens with two attached hydrogens (primary N) is 1. The van der Waals surface area contributed by atoms with Crippen LogP contribution in [0.1, 0.15) is 32.1 Å². The van der Waals surface area contributed by atoms with Crippen molar-refractivity contribution in [2.75, 3.05) is 20.2 Å². The maximum atomic E-state index is 12.0. The zero-order chi connectivity index (χ0) is 14.3. The third-order valence-electron chi connectivity index (χ3n) is 3.27. The highest BCUT2D eigenvalue weighted by Gasteiger charge is 2.26. The van der Waals surface area contributed by atoms with Crippen molar-refractivity contribution in [3.8, 4) is 0 Å². The highest BCUT2D eigenvalue weighted by Crippen LogP contribution is 2.21. The molecule has 1 atom stereocenters. The van der Waals surface area contributed by atoms with Crippen LogP contribution in [0.25, 0.3) is 0 Å². The van der Waals surface area contributed by atoms with E-state index >= 15 is 0 Å². The Kier molecular flexibility index (Phi) is 6.11. The van der Waals surface area contributed by atoms with E-state index in [1.54, 1.807) is 4.90 Å². The topological polar surface area (TPSA) is 102 Å². The van der Waals surface area contributed by atoms with Crippen LogP contribution in [-0.4, -0.2) is 49.0 Å². The van der Waals surface area contributed by atoms with Gasteiger partial charge in [-0.2, -0.15) is 0 Å². The number of nitrogens with zero attached hydrogens (tertiary/aromatic N) is 1. The van der Waals surface area contributed by atoms with Crippen LogP contribution in [0.4, 0.5) is 4.79 Å². The quantitative estimate of drug-likeness (QED) is 0.686. The van der Waals surface area contributed by atoms with Crippen LogP contribution in [0, 0.1) is 0 Å². The summed E-state index contributed by atoms with van der Waals surface area (Å²) >= 11 is 0. The molecule has 1 saturated heterocycles. The smallest absolute Gasteiger partial charge is 0.312 e. The number of nitrogens with one attached hydrogen (secondary N) is 1. The van der Waals surface area contributed by atoms with Gasteiger partial charge in [0.15, 0.2) is 0 Å². The number of piperidine rings is 1. The van der Waals surface area contributed by atoms with Gasteiger partial charge in [-0.3, -0.25) is 9.59 Å². The summed E-state index contributed by atoms with van der Waals surface area (Å²) in [7, 11) is 1.35. The van der Waals surface area contributed by atoms with E-state index in [-0.39, 0.29) is 24.5 Å². The predicted octanol–water partition coefficient (Wildman–Crippen LogP) is -0.0110. The fourth-order valence-electron chi connectivity index (χ4n) is 2.28. The molecule has 1 aliphatic rings. The Labute approximate surface area is 112 Å². The number of hydrogen-bond acceptors (Lipinski definition) is 4. The van der Waals surface area contributed by atoms with Crippen LogP contribution in [0.2, 0.25) is 0 Å². The molecule has 0 aliphatic carbocycles. The van der Waals surface area contributed by atoms with Crippen molar-refractivity contribution >= 4 is 17.9 Å². The van der Waals surface area contributed by atoms with Gasteiger partial charge in [0.25, 0.3) is 0 Å². The lowest BCUT2D eigenvalue weighted by molar-refractivity contribution is -0.142. The molecule has 0 radical (unpaired) electrons. The summed E-state index contributed by atoms with van der Waals surface area (Å²) in [4.78, 5) is 35.4. The number of carbonyl (C=O) groups is 3. The molecule has 7 heteroatoms. The third kappa shape index (κ3) is 5.15. The number of amides is 3. The molecule has 7 nitrogen and oxygen atoms in total. The van der Waals surface area contributed by atoms with Gasteiger partial charge in [0.05, 0.1) is 13.7 Å². The molecule has 0 unspecified atom stereocenters. The number of ether oxygens (including phenoxy) is 1. The second-order valence-electron chi connectivity index (χ2n) is 4.57. The molecule has 19 heavy (non-hydrogen) atoms. The van der Waals surface area contributed by atoms with Crippen LogP contribution in [0.3, 0.4) is 0 Å². The van der Waals surface area contributed by atoms with E-state index in [1.165, 1.54) is 7.11 Å². The van der Waals surface area contributed by atoms with Gasteiger partial charge in [0, 0.05) is 19.0 Å². The lowest BCUT2D eigenvalue weighted by Crippen LogP contribution is -2.48. The van der Waals surface area contributed by atoms with Gasteiger partial charge in [0.2, 0.25) is 5.91 Å². The Morgan fingerprint density at radius 2 is 2.11 bits per heavy atom. The number of carbonyl (C=O) groups excluding carboxylic acids is 3. The van der Waals surface area contributed by atoms with E-state index < -0.39 is 6.03 Å². The van der Waals surface area contributed by atoms with E-state index in [2.05, 4.69) is 10.1 Å². The van der Waals surface area contributed by atoms with Gasteiger partial charge in [-0.25, -0.2) is 4.79 Å². The molecule has 0 aromatic heterocycles. The molecule has 108 valence electrons. The van der Waals surface area contributed by atoms with Gasteiger partial charge in [-0.1, -0.05) is 0 Å². The first-order valence-electron chi connectivity index (χ1n) is 6.44. The number of urea groups is 1. The first-order valence-corrected chi connectivity index (χ1v) is 6.44. The minimum absolute atomic E-state index is 0.0371.